The quantitative estimate of drug-likeness (QED) is 0.705. The Balaban J connectivity index is 1.50. The van der Waals surface area contributed by atoms with Crippen molar-refractivity contribution in [2.24, 2.45) is 12.5 Å². The van der Waals surface area contributed by atoms with Crippen LogP contribution in [0.25, 0.3) is 22.4 Å². The van der Waals surface area contributed by atoms with E-state index < -0.39 is 0 Å². The van der Waals surface area contributed by atoms with E-state index in [-0.39, 0.29) is 11.1 Å². The fourth-order valence-electron chi connectivity index (χ4n) is 5.17. The van der Waals surface area contributed by atoms with Gasteiger partial charge in [-0.05, 0) is 48.1 Å². The van der Waals surface area contributed by atoms with Gasteiger partial charge in [0, 0.05) is 50.9 Å². The van der Waals surface area contributed by atoms with Crippen LogP contribution in [0.4, 0.5) is 0 Å². The van der Waals surface area contributed by atoms with Gasteiger partial charge in [0.1, 0.15) is 0 Å². The van der Waals surface area contributed by atoms with Gasteiger partial charge in [-0.3, -0.25) is 14.0 Å². The van der Waals surface area contributed by atoms with Gasteiger partial charge in [-0.15, -0.1) is 0 Å². The normalized spacial score (nSPS) is 21.5. The van der Waals surface area contributed by atoms with Crippen molar-refractivity contribution in [3.8, 4) is 11.3 Å². The summed E-state index contributed by atoms with van der Waals surface area (Å²) in [6.45, 7) is 12.5. The summed E-state index contributed by atoms with van der Waals surface area (Å²) in [5, 5.41) is 3.58. The van der Waals surface area contributed by atoms with Crippen LogP contribution in [0.3, 0.4) is 0 Å². The molecule has 6 nitrogen and oxygen atoms in total. The first-order valence-corrected chi connectivity index (χ1v) is 11.3. The second kappa shape index (κ2) is 7.31. The minimum Gasteiger partial charge on any atom is -0.311 e. The molecule has 3 aromatic rings. The van der Waals surface area contributed by atoms with Gasteiger partial charge < -0.3 is 5.32 Å². The molecule has 2 saturated heterocycles. The molecule has 2 aromatic heterocycles. The number of pyridine rings is 1. The number of imidazole rings is 1. The molecular weight excluding hydrogens is 386 g/mol. The van der Waals surface area contributed by atoms with E-state index in [2.05, 4.69) is 68.2 Å². The fourth-order valence-corrected chi connectivity index (χ4v) is 5.17. The Morgan fingerprint density at radius 1 is 1.19 bits per heavy atom. The molecule has 2 fully saturated rings. The SMILES string of the molecule is Cc1ccc(CN2C[C@H]3C[C@@H]2CN3)cc1-c1ccc2c(n1)n(C)c(=O)n2CC(C)(C)C. The molecule has 0 radical (unpaired) electrons. The Hall–Kier alpha value is -2.44. The van der Waals surface area contributed by atoms with Gasteiger partial charge in [0.15, 0.2) is 5.65 Å². The summed E-state index contributed by atoms with van der Waals surface area (Å²) in [7, 11) is 1.82. The number of aryl methyl sites for hydroxylation is 2. The van der Waals surface area contributed by atoms with E-state index in [1.165, 1.54) is 17.5 Å². The lowest BCUT2D eigenvalue weighted by Gasteiger charge is -2.27. The third-order valence-corrected chi connectivity index (χ3v) is 6.75. The number of fused-ring (bicyclic) bond motifs is 3. The Morgan fingerprint density at radius 2 is 2.00 bits per heavy atom. The molecule has 0 unspecified atom stereocenters. The molecule has 5 rings (SSSR count). The number of likely N-dealkylation sites (tertiary alicyclic amines) is 1. The highest BCUT2D eigenvalue weighted by Gasteiger charge is 2.37. The van der Waals surface area contributed by atoms with Crippen LogP contribution < -0.4 is 11.0 Å². The Bertz CT molecular complexity index is 1200. The first-order valence-electron chi connectivity index (χ1n) is 11.3. The first-order chi connectivity index (χ1) is 14.7. The zero-order valence-corrected chi connectivity index (χ0v) is 19.3. The van der Waals surface area contributed by atoms with Crippen molar-refractivity contribution in [2.75, 3.05) is 13.1 Å². The maximum atomic E-state index is 12.9. The van der Waals surface area contributed by atoms with Crippen molar-refractivity contribution >= 4 is 11.2 Å². The van der Waals surface area contributed by atoms with Crippen molar-refractivity contribution in [1.82, 2.24) is 24.3 Å². The summed E-state index contributed by atoms with van der Waals surface area (Å²) >= 11 is 0. The summed E-state index contributed by atoms with van der Waals surface area (Å²) in [5.74, 6) is 0. The molecule has 31 heavy (non-hydrogen) atoms. The van der Waals surface area contributed by atoms with Crippen molar-refractivity contribution in [2.45, 2.75) is 59.3 Å². The van der Waals surface area contributed by atoms with E-state index in [9.17, 15) is 4.79 Å². The zero-order chi connectivity index (χ0) is 21.9. The van der Waals surface area contributed by atoms with Crippen LogP contribution >= 0.6 is 0 Å². The Labute approximate surface area is 183 Å². The smallest absolute Gasteiger partial charge is 0.311 e. The predicted molar refractivity (Wildman–Crippen MR) is 125 cm³/mol. The number of nitrogens with one attached hydrogen (secondary N) is 1. The second-order valence-corrected chi connectivity index (χ2v) is 10.6. The molecule has 0 aliphatic carbocycles. The summed E-state index contributed by atoms with van der Waals surface area (Å²) in [5.41, 5.74) is 6.29. The van der Waals surface area contributed by atoms with Crippen molar-refractivity contribution in [3.63, 3.8) is 0 Å². The number of nitrogens with zero attached hydrogens (tertiary/aromatic N) is 4. The van der Waals surface area contributed by atoms with E-state index in [0.29, 0.717) is 18.6 Å². The molecule has 2 aliphatic rings. The molecule has 2 aliphatic heterocycles. The molecule has 6 heteroatoms. The van der Waals surface area contributed by atoms with Crippen LogP contribution in [0.5, 0.6) is 0 Å². The maximum absolute atomic E-state index is 12.9. The van der Waals surface area contributed by atoms with Crippen LogP contribution in [0.2, 0.25) is 0 Å². The summed E-state index contributed by atoms with van der Waals surface area (Å²) < 4.78 is 3.53. The van der Waals surface area contributed by atoms with Gasteiger partial charge in [0.25, 0.3) is 0 Å². The van der Waals surface area contributed by atoms with Gasteiger partial charge in [-0.1, -0.05) is 32.9 Å². The molecule has 2 bridgehead atoms. The van der Waals surface area contributed by atoms with Crippen molar-refractivity contribution in [1.29, 1.82) is 0 Å². The molecule has 1 aromatic carbocycles. The van der Waals surface area contributed by atoms with Gasteiger partial charge in [-0.2, -0.15) is 0 Å². The zero-order valence-electron chi connectivity index (χ0n) is 19.3. The first kappa shape index (κ1) is 20.5. The Morgan fingerprint density at radius 3 is 2.68 bits per heavy atom. The minimum atomic E-state index is -0.00209. The summed E-state index contributed by atoms with van der Waals surface area (Å²) in [6, 6.07) is 12.2. The minimum absolute atomic E-state index is 0.00209. The number of piperazine rings is 1. The second-order valence-electron chi connectivity index (χ2n) is 10.6. The molecule has 164 valence electrons. The third kappa shape index (κ3) is 3.72. The highest BCUT2D eigenvalue weighted by atomic mass is 16.1. The summed E-state index contributed by atoms with van der Waals surface area (Å²) in [6.07, 6.45) is 1.27. The van der Waals surface area contributed by atoms with Crippen molar-refractivity contribution in [3.05, 3.63) is 51.9 Å². The standard InChI is InChI=1S/C25H33N5O/c1-16-6-7-17(13-29-14-18-11-19(29)12-26-18)10-20(16)21-8-9-22-23(27-21)28(5)24(31)30(22)15-25(2,3)4/h6-10,18-19,26H,11-15H2,1-5H3/t18-,19-/m1/s1. The van der Waals surface area contributed by atoms with Gasteiger partial charge in [-0.25, -0.2) is 9.78 Å². The lowest BCUT2D eigenvalue weighted by Crippen LogP contribution is -2.42. The van der Waals surface area contributed by atoms with E-state index in [4.69, 9.17) is 4.98 Å². The van der Waals surface area contributed by atoms with Crippen LogP contribution in [0, 0.1) is 12.3 Å². The number of hydrogen-bond acceptors (Lipinski definition) is 4. The van der Waals surface area contributed by atoms with Crippen LogP contribution in [0.15, 0.2) is 35.1 Å². The topological polar surface area (TPSA) is 55.1 Å². The average molecular weight is 420 g/mol. The Kier molecular flexibility index (Phi) is 4.83. The monoisotopic (exact) mass is 419 g/mol. The molecule has 0 amide bonds. The van der Waals surface area contributed by atoms with E-state index in [1.54, 1.807) is 4.57 Å². The van der Waals surface area contributed by atoms with Gasteiger partial charge in [0.05, 0.1) is 11.2 Å². The number of rotatable bonds is 4. The highest BCUT2D eigenvalue weighted by Crippen LogP contribution is 2.29. The molecule has 1 N–H and O–H groups in total. The summed E-state index contributed by atoms with van der Waals surface area (Å²) in [4.78, 5) is 20.4. The van der Waals surface area contributed by atoms with Crippen LogP contribution in [-0.4, -0.2) is 44.2 Å². The van der Waals surface area contributed by atoms with Crippen molar-refractivity contribution < 1.29 is 0 Å². The number of hydrogen-bond donors (Lipinski definition) is 1. The third-order valence-electron chi connectivity index (χ3n) is 6.75. The predicted octanol–water partition coefficient (Wildman–Crippen LogP) is 3.30. The lowest BCUT2D eigenvalue weighted by molar-refractivity contribution is 0.218. The maximum Gasteiger partial charge on any atom is 0.330 e. The number of benzene rings is 1. The van der Waals surface area contributed by atoms with Gasteiger partial charge >= 0.3 is 5.69 Å². The van der Waals surface area contributed by atoms with Crippen LogP contribution in [0.1, 0.15) is 38.3 Å². The van der Waals surface area contributed by atoms with Gasteiger partial charge in [0.2, 0.25) is 0 Å². The van der Waals surface area contributed by atoms with E-state index >= 15 is 0 Å². The van der Waals surface area contributed by atoms with E-state index in [0.717, 1.165) is 42.1 Å². The van der Waals surface area contributed by atoms with Crippen LogP contribution in [-0.2, 0) is 20.1 Å². The average Bonchev–Trinajstić information content (AvgIpc) is 3.39. The van der Waals surface area contributed by atoms with E-state index in [1.807, 2.05) is 11.6 Å². The molecule has 2 atom stereocenters. The lowest BCUT2D eigenvalue weighted by atomic mass is 9.97. The molecule has 0 spiro atoms. The molecule has 0 saturated carbocycles. The molecular formula is C25H33N5O. The number of aromatic nitrogens is 3. The largest absolute Gasteiger partial charge is 0.330 e. The fraction of sp³-hybridized carbons (Fsp3) is 0.520. The molecule has 4 heterocycles. The highest BCUT2D eigenvalue weighted by molar-refractivity contribution is 5.77.